The topological polar surface area (TPSA) is 40.5 Å². The van der Waals surface area contributed by atoms with Gasteiger partial charge in [0.1, 0.15) is 0 Å². The SMILES string of the molecule is C[N+](C)(C)CCCCCCCCCCCC(O)O.[Cl-]. The Hall–Kier alpha value is 0.170. The number of aliphatic hydroxyl groups excluding tert-OH is 1. The predicted molar refractivity (Wildman–Crippen MR) is 77.3 cm³/mol. The second-order valence-corrected chi connectivity index (χ2v) is 6.47. The maximum Gasteiger partial charge on any atom is 0.151 e. The number of hydrogen-bond donors (Lipinski definition) is 2. The fourth-order valence-electron chi connectivity index (χ4n) is 2.15. The lowest BCUT2D eigenvalue weighted by Crippen LogP contribution is -3.00. The zero-order valence-electron chi connectivity index (χ0n) is 13.1. The summed E-state index contributed by atoms with van der Waals surface area (Å²) in [5, 5.41) is 17.4. The molecule has 0 fully saturated rings. The molecule has 0 aromatic rings. The van der Waals surface area contributed by atoms with Gasteiger partial charge in [-0.05, 0) is 25.7 Å². The molecule has 4 heteroatoms. The third-order valence-corrected chi connectivity index (χ3v) is 3.29. The second-order valence-electron chi connectivity index (χ2n) is 6.47. The largest absolute Gasteiger partial charge is 1.00 e. The van der Waals surface area contributed by atoms with Crippen LogP contribution in [0.1, 0.15) is 64.2 Å². The smallest absolute Gasteiger partial charge is 0.151 e. The van der Waals surface area contributed by atoms with Crippen LogP contribution >= 0.6 is 0 Å². The molecule has 118 valence electrons. The highest BCUT2D eigenvalue weighted by molar-refractivity contribution is 4.48. The van der Waals surface area contributed by atoms with E-state index >= 15 is 0 Å². The van der Waals surface area contributed by atoms with Crippen molar-refractivity contribution in [2.75, 3.05) is 27.7 Å². The Morgan fingerprint density at radius 1 is 0.684 bits per heavy atom. The maximum absolute atomic E-state index is 8.69. The molecule has 0 atom stereocenters. The zero-order valence-corrected chi connectivity index (χ0v) is 13.8. The predicted octanol–water partition coefficient (Wildman–Crippen LogP) is -0.0917. The van der Waals surface area contributed by atoms with Crippen molar-refractivity contribution < 1.29 is 27.1 Å². The minimum absolute atomic E-state index is 0. The van der Waals surface area contributed by atoms with Crippen LogP contribution in [-0.4, -0.2) is 48.7 Å². The first-order valence-corrected chi connectivity index (χ1v) is 7.58. The third kappa shape index (κ3) is 20.6. The highest BCUT2D eigenvalue weighted by atomic mass is 35.5. The van der Waals surface area contributed by atoms with Gasteiger partial charge in [-0.15, -0.1) is 0 Å². The molecule has 19 heavy (non-hydrogen) atoms. The van der Waals surface area contributed by atoms with Crippen LogP contribution in [-0.2, 0) is 0 Å². The summed E-state index contributed by atoms with van der Waals surface area (Å²) >= 11 is 0. The standard InChI is InChI=1S/C15H34NO2.ClH/c1-16(2,3)14-12-10-8-6-4-5-7-9-11-13-15(17)18;/h15,17-18H,4-14H2,1-3H3;1H/q+1;/p-1. The van der Waals surface area contributed by atoms with Crippen molar-refractivity contribution in [2.45, 2.75) is 70.5 Å². The Balaban J connectivity index is 0. The normalized spacial score (nSPS) is 11.7. The Morgan fingerprint density at radius 3 is 1.42 bits per heavy atom. The molecule has 2 N–H and O–H groups in total. The number of nitrogens with zero attached hydrogens (tertiary/aromatic N) is 1. The minimum atomic E-state index is -1.11. The summed E-state index contributed by atoms with van der Waals surface area (Å²) < 4.78 is 1.08. The third-order valence-electron chi connectivity index (χ3n) is 3.29. The minimum Gasteiger partial charge on any atom is -1.00 e. The average Bonchev–Trinajstić information content (AvgIpc) is 2.24. The van der Waals surface area contributed by atoms with Gasteiger partial charge in [-0.1, -0.05) is 38.5 Å². The Labute approximate surface area is 126 Å². The fourth-order valence-corrected chi connectivity index (χ4v) is 2.15. The first-order chi connectivity index (χ1) is 8.42. The molecule has 0 amide bonds. The van der Waals surface area contributed by atoms with Gasteiger partial charge in [0.2, 0.25) is 0 Å². The maximum atomic E-state index is 8.69. The van der Waals surface area contributed by atoms with E-state index in [1.807, 2.05) is 0 Å². The molecule has 0 radical (unpaired) electrons. The van der Waals surface area contributed by atoms with Crippen molar-refractivity contribution in [3.05, 3.63) is 0 Å². The van der Waals surface area contributed by atoms with Crippen LogP contribution in [0.3, 0.4) is 0 Å². The van der Waals surface area contributed by atoms with Crippen LogP contribution in [0.25, 0.3) is 0 Å². The van der Waals surface area contributed by atoms with Crippen molar-refractivity contribution in [3.63, 3.8) is 0 Å². The molecule has 0 saturated heterocycles. The quantitative estimate of drug-likeness (QED) is 0.300. The van der Waals surface area contributed by atoms with Crippen molar-refractivity contribution in [1.29, 1.82) is 0 Å². The molecular formula is C15H34ClNO2. The molecule has 0 heterocycles. The van der Waals surface area contributed by atoms with Crippen LogP contribution in [0.15, 0.2) is 0 Å². The summed E-state index contributed by atoms with van der Waals surface area (Å²) in [6, 6.07) is 0. The van der Waals surface area contributed by atoms with Gasteiger partial charge in [0.15, 0.2) is 6.29 Å². The molecule has 0 aliphatic rings. The zero-order chi connectivity index (χ0) is 13.9. The van der Waals surface area contributed by atoms with Gasteiger partial charge in [0, 0.05) is 0 Å². The Morgan fingerprint density at radius 2 is 1.05 bits per heavy atom. The monoisotopic (exact) mass is 295 g/mol. The highest BCUT2D eigenvalue weighted by Gasteiger charge is 2.04. The van der Waals surface area contributed by atoms with Gasteiger partial charge in [-0.3, -0.25) is 0 Å². The van der Waals surface area contributed by atoms with E-state index in [-0.39, 0.29) is 12.4 Å². The average molecular weight is 296 g/mol. The summed E-state index contributed by atoms with van der Waals surface area (Å²) in [5.41, 5.74) is 0. The van der Waals surface area contributed by atoms with Crippen molar-refractivity contribution in [3.8, 4) is 0 Å². The summed E-state index contributed by atoms with van der Waals surface area (Å²) in [6.45, 7) is 1.28. The van der Waals surface area contributed by atoms with E-state index < -0.39 is 6.29 Å². The van der Waals surface area contributed by atoms with Gasteiger partial charge in [0.25, 0.3) is 0 Å². The molecule has 3 nitrogen and oxygen atoms in total. The van der Waals surface area contributed by atoms with Gasteiger partial charge in [0.05, 0.1) is 27.7 Å². The van der Waals surface area contributed by atoms with Crippen LogP contribution in [0.4, 0.5) is 0 Å². The van der Waals surface area contributed by atoms with E-state index in [9.17, 15) is 0 Å². The second kappa shape index (κ2) is 13.2. The van der Waals surface area contributed by atoms with Gasteiger partial charge in [-0.2, -0.15) is 0 Å². The molecule has 0 rings (SSSR count). The Kier molecular flexibility index (Phi) is 14.9. The van der Waals surface area contributed by atoms with Crippen LogP contribution in [0, 0.1) is 0 Å². The number of aliphatic hydroxyl groups is 2. The van der Waals surface area contributed by atoms with Gasteiger partial charge >= 0.3 is 0 Å². The van der Waals surface area contributed by atoms with E-state index in [0.29, 0.717) is 6.42 Å². The van der Waals surface area contributed by atoms with Crippen molar-refractivity contribution in [2.24, 2.45) is 0 Å². The molecule has 0 bridgehead atoms. The molecule has 0 aliphatic heterocycles. The summed E-state index contributed by atoms with van der Waals surface area (Å²) in [6.07, 6.45) is 10.8. The molecule has 0 aromatic carbocycles. The lowest BCUT2D eigenvalue weighted by Gasteiger charge is -2.23. The van der Waals surface area contributed by atoms with Crippen molar-refractivity contribution >= 4 is 0 Å². The van der Waals surface area contributed by atoms with E-state index in [1.165, 1.54) is 51.5 Å². The van der Waals surface area contributed by atoms with Gasteiger partial charge in [-0.25, -0.2) is 0 Å². The van der Waals surface area contributed by atoms with Crippen LogP contribution in [0.2, 0.25) is 0 Å². The van der Waals surface area contributed by atoms with E-state index in [2.05, 4.69) is 21.1 Å². The molecule has 0 spiro atoms. The van der Waals surface area contributed by atoms with Crippen LogP contribution in [0.5, 0.6) is 0 Å². The van der Waals surface area contributed by atoms with E-state index in [1.54, 1.807) is 0 Å². The van der Waals surface area contributed by atoms with Crippen molar-refractivity contribution in [1.82, 2.24) is 0 Å². The Bertz CT molecular complexity index is 181. The summed E-state index contributed by atoms with van der Waals surface area (Å²) in [5.74, 6) is 0. The number of unbranched alkanes of at least 4 members (excludes halogenated alkanes) is 8. The first kappa shape index (κ1) is 21.5. The first-order valence-electron chi connectivity index (χ1n) is 7.58. The summed E-state index contributed by atoms with van der Waals surface area (Å²) in [4.78, 5) is 0. The number of halogens is 1. The number of quaternary nitrogens is 1. The molecule has 0 aromatic heterocycles. The molecule has 0 unspecified atom stereocenters. The van der Waals surface area contributed by atoms with Gasteiger partial charge < -0.3 is 27.1 Å². The molecular weight excluding hydrogens is 262 g/mol. The van der Waals surface area contributed by atoms with Crippen LogP contribution < -0.4 is 12.4 Å². The number of rotatable bonds is 12. The molecule has 0 saturated carbocycles. The van der Waals surface area contributed by atoms with E-state index in [4.69, 9.17) is 10.2 Å². The molecule has 0 aliphatic carbocycles. The van der Waals surface area contributed by atoms with E-state index in [0.717, 1.165) is 17.3 Å². The summed E-state index contributed by atoms with van der Waals surface area (Å²) in [7, 11) is 6.76. The highest BCUT2D eigenvalue weighted by Crippen LogP contribution is 2.11. The lowest BCUT2D eigenvalue weighted by molar-refractivity contribution is -0.870. The fraction of sp³-hybridized carbons (Fsp3) is 1.00. The lowest BCUT2D eigenvalue weighted by atomic mass is 10.1. The number of hydrogen-bond acceptors (Lipinski definition) is 2.